The van der Waals surface area contributed by atoms with Crippen molar-refractivity contribution < 1.29 is 14.0 Å². The first-order valence-corrected chi connectivity index (χ1v) is 5.94. The van der Waals surface area contributed by atoms with Gasteiger partial charge in [-0.3, -0.25) is 15.0 Å². The van der Waals surface area contributed by atoms with Crippen LogP contribution in [-0.4, -0.2) is 37.5 Å². The van der Waals surface area contributed by atoms with E-state index in [0.29, 0.717) is 17.1 Å². The zero-order valence-electron chi connectivity index (χ0n) is 10.7. The normalized spacial score (nSPS) is 10.4. The van der Waals surface area contributed by atoms with Crippen molar-refractivity contribution in [1.82, 2.24) is 15.5 Å². The fraction of sp³-hybridized carbons (Fsp3) is 0.333. The van der Waals surface area contributed by atoms with Crippen LogP contribution in [0.25, 0.3) is 0 Å². The van der Waals surface area contributed by atoms with Crippen LogP contribution >= 0.6 is 11.6 Å². The van der Waals surface area contributed by atoms with E-state index >= 15 is 0 Å². The number of hydrogen-bond acceptors (Lipinski definition) is 3. The van der Waals surface area contributed by atoms with Gasteiger partial charge in [0.25, 0.3) is 0 Å². The number of nitrogens with zero attached hydrogens (tertiary/aromatic N) is 1. The molecule has 0 aliphatic heterocycles. The van der Waals surface area contributed by atoms with Gasteiger partial charge in [-0.05, 0) is 24.7 Å². The Hall–Kier alpha value is -1.66. The second kappa shape index (κ2) is 7.06. The van der Waals surface area contributed by atoms with Gasteiger partial charge in [-0.15, -0.1) is 0 Å². The summed E-state index contributed by atoms with van der Waals surface area (Å²) in [4.78, 5) is 24.0. The molecule has 1 aromatic carbocycles. The van der Waals surface area contributed by atoms with Crippen molar-refractivity contribution in [2.45, 2.75) is 6.54 Å². The molecular formula is C12H15ClFN3O2. The molecule has 1 rings (SSSR count). The van der Waals surface area contributed by atoms with Crippen LogP contribution in [0.2, 0.25) is 5.02 Å². The molecule has 0 saturated carbocycles. The van der Waals surface area contributed by atoms with E-state index in [2.05, 4.69) is 10.6 Å². The van der Waals surface area contributed by atoms with E-state index in [9.17, 15) is 14.0 Å². The predicted octanol–water partition coefficient (Wildman–Crippen LogP) is 1.37. The summed E-state index contributed by atoms with van der Waals surface area (Å²) in [5.41, 5.74) is 0.707. The maximum absolute atomic E-state index is 12.9. The van der Waals surface area contributed by atoms with Gasteiger partial charge in [0.1, 0.15) is 5.82 Å². The van der Waals surface area contributed by atoms with E-state index in [4.69, 9.17) is 11.6 Å². The molecule has 5 nitrogen and oxygen atoms in total. The summed E-state index contributed by atoms with van der Waals surface area (Å²) in [5.74, 6) is -0.839. The van der Waals surface area contributed by atoms with Crippen LogP contribution in [0.3, 0.4) is 0 Å². The third-order valence-corrected chi connectivity index (χ3v) is 2.70. The van der Waals surface area contributed by atoms with Crippen LogP contribution in [0.15, 0.2) is 18.2 Å². The zero-order valence-corrected chi connectivity index (χ0v) is 11.4. The minimum Gasteiger partial charge on any atom is -0.341 e. The summed E-state index contributed by atoms with van der Waals surface area (Å²) in [6, 6.07) is 3.53. The molecule has 0 heterocycles. The fourth-order valence-electron chi connectivity index (χ4n) is 1.47. The highest BCUT2D eigenvalue weighted by molar-refractivity contribution is 6.31. The first-order valence-electron chi connectivity index (χ1n) is 5.56. The molecule has 0 fully saturated rings. The van der Waals surface area contributed by atoms with Crippen molar-refractivity contribution in [2.75, 3.05) is 20.6 Å². The molecule has 0 aliphatic rings. The lowest BCUT2D eigenvalue weighted by atomic mass is 10.2. The van der Waals surface area contributed by atoms with Crippen LogP contribution in [0.4, 0.5) is 9.18 Å². The Morgan fingerprint density at radius 2 is 2.11 bits per heavy atom. The Morgan fingerprint density at radius 1 is 1.42 bits per heavy atom. The predicted molar refractivity (Wildman–Crippen MR) is 70.3 cm³/mol. The maximum Gasteiger partial charge on any atom is 0.321 e. The number of nitrogens with one attached hydrogen (secondary N) is 2. The number of rotatable bonds is 4. The third kappa shape index (κ3) is 5.23. The van der Waals surface area contributed by atoms with Gasteiger partial charge in [-0.1, -0.05) is 17.7 Å². The molecule has 0 bridgehead atoms. The summed E-state index contributed by atoms with van der Waals surface area (Å²) in [7, 11) is 3.12. The fourth-order valence-corrected chi connectivity index (χ4v) is 1.70. The van der Waals surface area contributed by atoms with E-state index < -0.39 is 17.8 Å². The first kappa shape index (κ1) is 15.4. The Balaban J connectivity index is 2.53. The maximum atomic E-state index is 12.9. The molecule has 19 heavy (non-hydrogen) atoms. The Labute approximate surface area is 115 Å². The van der Waals surface area contributed by atoms with Gasteiger partial charge in [0.05, 0.1) is 6.54 Å². The molecule has 3 amide bonds. The lowest BCUT2D eigenvalue weighted by Crippen LogP contribution is -2.42. The molecule has 2 N–H and O–H groups in total. The first-order chi connectivity index (χ1) is 8.92. The summed E-state index contributed by atoms with van der Waals surface area (Å²) >= 11 is 5.89. The van der Waals surface area contributed by atoms with Gasteiger partial charge < -0.3 is 5.32 Å². The van der Waals surface area contributed by atoms with Crippen molar-refractivity contribution in [3.05, 3.63) is 34.6 Å². The summed E-state index contributed by atoms with van der Waals surface area (Å²) in [6.07, 6.45) is 0. The highest BCUT2D eigenvalue weighted by atomic mass is 35.5. The van der Waals surface area contributed by atoms with Crippen LogP contribution < -0.4 is 10.6 Å². The number of imide groups is 1. The number of carbonyl (C=O) groups excluding carboxylic acids is 2. The van der Waals surface area contributed by atoms with Crippen LogP contribution in [-0.2, 0) is 11.3 Å². The molecule has 0 aromatic heterocycles. The number of halogens is 2. The lowest BCUT2D eigenvalue weighted by molar-refractivity contribution is -0.120. The summed E-state index contributed by atoms with van der Waals surface area (Å²) in [5, 5.41) is 4.73. The Kier molecular flexibility index (Phi) is 5.72. The molecule has 0 unspecified atom stereocenters. The minimum absolute atomic E-state index is 0.0289. The average Bonchev–Trinajstić information content (AvgIpc) is 2.32. The summed E-state index contributed by atoms with van der Waals surface area (Å²) < 4.78 is 12.9. The van der Waals surface area contributed by atoms with Gasteiger partial charge in [0, 0.05) is 18.6 Å². The van der Waals surface area contributed by atoms with E-state index in [-0.39, 0.29) is 6.54 Å². The number of carbonyl (C=O) groups is 2. The van der Waals surface area contributed by atoms with Crippen LogP contribution in [0, 0.1) is 5.82 Å². The van der Waals surface area contributed by atoms with Crippen molar-refractivity contribution in [1.29, 1.82) is 0 Å². The number of benzene rings is 1. The van der Waals surface area contributed by atoms with Crippen molar-refractivity contribution in [3.8, 4) is 0 Å². The van der Waals surface area contributed by atoms with Crippen molar-refractivity contribution >= 4 is 23.5 Å². The number of urea groups is 1. The molecule has 0 atom stereocenters. The van der Waals surface area contributed by atoms with Crippen LogP contribution in [0.5, 0.6) is 0 Å². The Bertz CT molecular complexity index is 482. The molecule has 1 aromatic rings. The number of likely N-dealkylation sites (N-methyl/N-ethyl adjacent to an activating group) is 1. The lowest BCUT2D eigenvalue weighted by Gasteiger charge is -2.16. The van der Waals surface area contributed by atoms with Gasteiger partial charge >= 0.3 is 6.03 Å². The SMILES string of the molecule is CNC(=O)NC(=O)CN(C)Cc1ccc(F)cc1Cl. The molecule has 0 spiro atoms. The molecule has 0 radical (unpaired) electrons. The topological polar surface area (TPSA) is 61.4 Å². The van der Waals surface area contributed by atoms with E-state index in [1.807, 2.05) is 0 Å². The highest BCUT2D eigenvalue weighted by Gasteiger charge is 2.11. The van der Waals surface area contributed by atoms with Crippen LogP contribution in [0.1, 0.15) is 5.56 Å². The van der Waals surface area contributed by atoms with Gasteiger partial charge in [-0.25, -0.2) is 9.18 Å². The summed E-state index contributed by atoms with van der Waals surface area (Å²) in [6.45, 7) is 0.404. The molecule has 0 aliphatic carbocycles. The number of amides is 3. The quantitative estimate of drug-likeness (QED) is 0.879. The molecule has 0 saturated heterocycles. The average molecular weight is 288 g/mol. The monoisotopic (exact) mass is 287 g/mol. The molecule has 104 valence electrons. The third-order valence-electron chi connectivity index (χ3n) is 2.35. The number of hydrogen-bond donors (Lipinski definition) is 2. The second-order valence-electron chi connectivity index (χ2n) is 4.04. The highest BCUT2D eigenvalue weighted by Crippen LogP contribution is 2.18. The van der Waals surface area contributed by atoms with Crippen molar-refractivity contribution in [2.24, 2.45) is 0 Å². The molecular weight excluding hydrogens is 273 g/mol. The van der Waals surface area contributed by atoms with Crippen molar-refractivity contribution in [3.63, 3.8) is 0 Å². The Morgan fingerprint density at radius 3 is 2.68 bits per heavy atom. The van der Waals surface area contributed by atoms with E-state index in [0.717, 1.165) is 0 Å². The van der Waals surface area contributed by atoms with E-state index in [1.54, 1.807) is 18.0 Å². The minimum atomic E-state index is -0.557. The molecule has 7 heteroatoms. The van der Waals surface area contributed by atoms with Gasteiger partial charge in [0.15, 0.2) is 0 Å². The standard InChI is InChI=1S/C12H15ClFN3O2/c1-15-12(19)16-11(18)7-17(2)6-8-3-4-9(14)5-10(8)13/h3-5H,6-7H2,1-2H3,(H2,15,16,18,19). The van der Waals surface area contributed by atoms with Gasteiger partial charge in [0.2, 0.25) is 5.91 Å². The largest absolute Gasteiger partial charge is 0.341 e. The smallest absolute Gasteiger partial charge is 0.321 e. The van der Waals surface area contributed by atoms with Gasteiger partial charge in [-0.2, -0.15) is 0 Å². The van der Waals surface area contributed by atoms with E-state index in [1.165, 1.54) is 19.2 Å². The zero-order chi connectivity index (χ0) is 14.4. The second-order valence-corrected chi connectivity index (χ2v) is 4.44.